The molecule has 7 heteroatoms. The molecule has 3 rings (SSSR count). The first-order valence-corrected chi connectivity index (χ1v) is 9.08. The summed E-state index contributed by atoms with van der Waals surface area (Å²) in [6.07, 6.45) is 5.49. The standard InChI is InChI=1S/C19H27N5O.HI/c1-2-9-21-19(22-11-8-17-6-5-16-25-17)24-14-12-23(13-15-24)18-7-3-4-10-20-18;/h3-7,10,16H,2,8-9,11-15H2,1H3,(H,21,22);1H. The lowest BCUT2D eigenvalue weighted by Crippen LogP contribution is -2.53. The van der Waals surface area contributed by atoms with Crippen LogP contribution in [-0.4, -0.2) is 55.1 Å². The Morgan fingerprint density at radius 2 is 2.04 bits per heavy atom. The quantitative estimate of drug-likeness (QED) is 0.401. The van der Waals surface area contributed by atoms with Gasteiger partial charge < -0.3 is 19.5 Å². The molecule has 0 bridgehead atoms. The second-order valence-corrected chi connectivity index (χ2v) is 6.12. The number of halogens is 1. The van der Waals surface area contributed by atoms with Crippen LogP contribution in [0.2, 0.25) is 0 Å². The van der Waals surface area contributed by atoms with Crippen molar-refractivity contribution in [2.75, 3.05) is 44.2 Å². The van der Waals surface area contributed by atoms with Gasteiger partial charge in [0.1, 0.15) is 11.6 Å². The van der Waals surface area contributed by atoms with Crippen LogP contribution in [0.25, 0.3) is 0 Å². The zero-order chi connectivity index (χ0) is 17.3. The third-order valence-electron chi connectivity index (χ3n) is 4.27. The average molecular weight is 469 g/mol. The van der Waals surface area contributed by atoms with E-state index in [1.54, 1.807) is 6.26 Å². The lowest BCUT2D eigenvalue weighted by Gasteiger charge is -2.37. The summed E-state index contributed by atoms with van der Waals surface area (Å²) >= 11 is 0. The van der Waals surface area contributed by atoms with Gasteiger partial charge in [0.2, 0.25) is 0 Å². The summed E-state index contributed by atoms with van der Waals surface area (Å²) in [7, 11) is 0. The predicted molar refractivity (Wildman–Crippen MR) is 116 cm³/mol. The third kappa shape index (κ3) is 5.89. The fraction of sp³-hybridized carbons (Fsp3) is 0.474. The number of nitrogens with zero attached hydrogens (tertiary/aromatic N) is 4. The first kappa shape index (κ1) is 20.5. The summed E-state index contributed by atoms with van der Waals surface area (Å²) in [6, 6.07) is 10.0. The normalized spacial score (nSPS) is 14.9. The van der Waals surface area contributed by atoms with Crippen molar-refractivity contribution in [2.24, 2.45) is 4.99 Å². The van der Waals surface area contributed by atoms with E-state index in [4.69, 9.17) is 9.41 Å². The van der Waals surface area contributed by atoms with E-state index >= 15 is 0 Å². The number of piperazine rings is 1. The lowest BCUT2D eigenvalue weighted by atomic mass is 10.3. The van der Waals surface area contributed by atoms with E-state index in [0.29, 0.717) is 0 Å². The second kappa shape index (κ2) is 11.1. The molecule has 0 saturated carbocycles. The number of nitrogens with one attached hydrogen (secondary N) is 1. The van der Waals surface area contributed by atoms with Gasteiger partial charge in [-0.2, -0.15) is 0 Å². The number of pyridine rings is 1. The number of aliphatic imine (C=N–C) groups is 1. The largest absolute Gasteiger partial charge is 0.469 e. The van der Waals surface area contributed by atoms with Crippen molar-refractivity contribution in [3.63, 3.8) is 0 Å². The van der Waals surface area contributed by atoms with Gasteiger partial charge in [-0.15, -0.1) is 24.0 Å². The zero-order valence-electron chi connectivity index (χ0n) is 15.3. The highest BCUT2D eigenvalue weighted by molar-refractivity contribution is 14.0. The van der Waals surface area contributed by atoms with Crippen LogP contribution in [0.15, 0.2) is 52.2 Å². The van der Waals surface area contributed by atoms with E-state index < -0.39 is 0 Å². The maximum Gasteiger partial charge on any atom is 0.194 e. The van der Waals surface area contributed by atoms with Gasteiger partial charge in [0.25, 0.3) is 0 Å². The van der Waals surface area contributed by atoms with Gasteiger partial charge in [-0.3, -0.25) is 4.99 Å². The minimum absolute atomic E-state index is 0. The summed E-state index contributed by atoms with van der Waals surface area (Å²) in [6.45, 7) is 7.66. The first-order valence-electron chi connectivity index (χ1n) is 9.08. The Balaban J connectivity index is 0.00000243. The number of hydrogen-bond acceptors (Lipinski definition) is 4. The number of anilines is 1. The molecule has 2 aromatic heterocycles. The summed E-state index contributed by atoms with van der Waals surface area (Å²) in [5.41, 5.74) is 0. The Hall–Kier alpha value is -1.77. The highest BCUT2D eigenvalue weighted by atomic mass is 127. The van der Waals surface area contributed by atoms with Gasteiger partial charge >= 0.3 is 0 Å². The molecule has 0 atom stereocenters. The fourth-order valence-electron chi connectivity index (χ4n) is 2.93. The molecule has 1 aliphatic heterocycles. The molecule has 1 N–H and O–H groups in total. The molecule has 0 amide bonds. The topological polar surface area (TPSA) is 56.9 Å². The van der Waals surface area contributed by atoms with Gasteiger partial charge in [-0.05, 0) is 30.7 Å². The van der Waals surface area contributed by atoms with E-state index in [1.807, 2.05) is 30.5 Å². The van der Waals surface area contributed by atoms with Crippen LogP contribution >= 0.6 is 24.0 Å². The third-order valence-corrected chi connectivity index (χ3v) is 4.27. The van der Waals surface area contributed by atoms with Crippen LogP contribution in [0.4, 0.5) is 5.82 Å². The molecule has 2 aromatic rings. The summed E-state index contributed by atoms with van der Waals surface area (Å²) in [5.74, 6) is 3.07. The first-order chi connectivity index (χ1) is 12.4. The van der Waals surface area contributed by atoms with Gasteiger partial charge in [0.15, 0.2) is 5.96 Å². The van der Waals surface area contributed by atoms with Crippen LogP contribution in [0.3, 0.4) is 0 Å². The molecule has 0 unspecified atom stereocenters. The molecule has 1 fully saturated rings. The van der Waals surface area contributed by atoms with Crippen LogP contribution < -0.4 is 10.2 Å². The minimum Gasteiger partial charge on any atom is -0.469 e. The summed E-state index contributed by atoms with van der Waals surface area (Å²) < 4.78 is 5.40. The zero-order valence-corrected chi connectivity index (χ0v) is 17.6. The van der Waals surface area contributed by atoms with Crippen LogP contribution in [0.5, 0.6) is 0 Å². The Morgan fingerprint density at radius 3 is 2.69 bits per heavy atom. The van der Waals surface area contributed by atoms with Crippen molar-refractivity contribution in [1.82, 2.24) is 15.2 Å². The number of guanidine groups is 1. The summed E-state index contributed by atoms with van der Waals surface area (Å²) in [4.78, 5) is 13.9. The van der Waals surface area contributed by atoms with E-state index in [0.717, 1.165) is 69.6 Å². The molecular formula is C19H28IN5O. The predicted octanol–water partition coefficient (Wildman–Crippen LogP) is 3.01. The molecule has 142 valence electrons. The SMILES string of the molecule is CCCN=C(NCCc1ccco1)N1CCN(c2ccccn2)CC1.I. The van der Waals surface area contributed by atoms with Crippen LogP contribution in [0, 0.1) is 0 Å². The Kier molecular flexibility index (Phi) is 8.73. The van der Waals surface area contributed by atoms with Crippen molar-refractivity contribution in [3.05, 3.63) is 48.6 Å². The molecule has 3 heterocycles. The van der Waals surface area contributed by atoms with Crippen molar-refractivity contribution in [3.8, 4) is 0 Å². The molecule has 0 aromatic carbocycles. The highest BCUT2D eigenvalue weighted by Crippen LogP contribution is 2.12. The molecular weight excluding hydrogens is 441 g/mol. The average Bonchev–Trinajstić information content (AvgIpc) is 3.19. The van der Waals surface area contributed by atoms with Crippen molar-refractivity contribution >= 4 is 35.8 Å². The minimum atomic E-state index is 0. The van der Waals surface area contributed by atoms with E-state index in [2.05, 4.69) is 33.1 Å². The van der Waals surface area contributed by atoms with Gasteiger partial charge in [-0.25, -0.2) is 4.98 Å². The van der Waals surface area contributed by atoms with Crippen LogP contribution in [0.1, 0.15) is 19.1 Å². The molecule has 0 aliphatic carbocycles. The maximum atomic E-state index is 5.40. The number of rotatable bonds is 6. The molecule has 6 nitrogen and oxygen atoms in total. The van der Waals surface area contributed by atoms with Gasteiger partial charge in [-0.1, -0.05) is 13.0 Å². The molecule has 1 saturated heterocycles. The van der Waals surface area contributed by atoms with Gasteiger partial charge in [0.05, 0.1) is 6.26 Å². The summed E-state index contributed by atoms with van der Waals surface area (Å²) in [5, 5.41) is 3.50. The molecule has 26 heavy (non-hydrogen) atoms. The smallest absolute Gasteiger partial charge is 0.194 e. The fourth-order valence-corrected chi connectivity index (χ4v) is 2.93. The van der Waals surface area contributed by atoms with Crippen LogP contribution in [-0.2, 0) is 6.42 Å². The molecule has 0 radical (unpaired) electrons. The maximum absolute atomic E-state index is 5.40. The van der Waals surface area contributed by atoms with Crippen molar-refractivity contribution in [2.45, 2.75) is 19.8 Å². The Bertz CT molecular complexity index is 639. The lowest BCUT2D eigenvalue weighted by molar-refractivity contribution is 0.370. The monoisotopic (exact) mass is 469 g/mol. The van der Waals surface area contributed by atoms with Gasteiger partial charge in [0, 0.05) is 51.9 Å². The number of aromatic nitrogens is 1. The second-order valence-electron chi connectivity index (χ2n) is 6.12. The van der Waals surface area contributed by atoms with E-state index in [-0.39, 0.29) is 24.0 Å². The van der Waals surface area contributed by atoms with Crippen molar-refractivity contribution in [1.29, 1.82) is 0 Å². The highest BCUT2D eigenvalue weighted by Gasteiger charge is 2.20. The van der Waals surface area contributed by atoms with E-state index in [9.17, 15) is 0 Å². The molecule has 1 aliphatic rings. The van der Waals surface area contributed by atoms with Crippen molar-refractivity contribution < 1.29 is 4.42 Å². The number of furan rings is 1. The Morgan fingerprint density at radius 1 is 1.19 bits per heavy atom. The molecule has 0 spiro atoms. The number of hydrogen-bond donors (Lipinski definition) is 1. The Labute approximate surface area is 172 Å². The van der Waals surface area contributed by atoms with E-state index in [1.165, 1.54) is 0 Å².